The number of hydrogen-bond donors (Lipinski definition) is 1. The molecule has 92 valence electrons. The van der Waals surface area contributed by atoms with E-state index in [1.165, 1.54) is 0 Å². The minimum Gasteiger partial charge on any atom is -0.295 e. The Hall–Kier alpha value is -1.33. The SMILES string of the molecule is O=C1CC(S)CN1c1nc(Cl)nc2ccccc12. The maximum absolute atomic E-state index is 11.9. The lowest BCUT2D eigenvalue weighted by atomic mass is 10.2. The zero-order chi connectivity index (χ0) is 12.7. The zero-order valence-corrected chi connectivity index (χ0v) is 11.0. The number of hydrogen-bond acceptors (Lipinski definition) is 4. The van der Waals surface area contributed by atoms with Crippen molar-refractivity contribution in [3.63, 3.8) is 0 Å². The fraction of sp³-hybridized carbons (Fsp3) is 0.250. The number of aromatic nitrogens is 2. The largest absolute Gasteiger partial charge is 0.295 e. The minimum atomic E-state index is 0.0231. The van der Waals surface area contributed by atoms with E-state index in [0.717, 1.165) is 10.9 Å². The van der Waals surface area contributed by atoms with Gasteiger partial charge in [0.2, 0.25) is 11.2 Å². The third kappa shape index (κ3) is 1.93. The summed E-state index contributed by atoms with van der Waals surface area (Å²) >= 11 is 10.2. The number of halogens is 1. The Bertz CT molecular complexity index is 634. The van der Waals surface area contributed by atoms with Crippen molar-refractivity contribution in [2.75, 3.05) is 11.4 Å². The van der Waals surface area contributed by atoms with Crippen LogP contribution in [0.4, 0.5) is 5.82 Å². The molecular formula is C12H10ClN3OS. The van der Waals surface area contributed by atoms with Crippen LogP contribution < -0.4 is 4.90 Å². The molecule has 18 heavy (non-hydrogen) atoms. The lowest BCUT2D eigenvalue weighted by Crippen LogP contribution is -2.26. The second kappa shape index (κ2) is 4.40. The normalized spacial score (nSPS) is 19.8. The number of anilines is 1. The van der Waals surface area contributed by atoms with Crippen LogP contribution in [0.25, 0.3) is 10.9 Å². The highest BCUT2D eigenvalue weighted by molar-refractivity contribution is 7.81. The lowest BCUT2D eigenvalue weighted by Gasteiger charge is -2.16. The maximum atomic E-state index is 11.9. The van der Waals surface area contributed by atoms with Crippen LogP contribution >= 0.6 is 24.2 Å². The van der Waals surface area contributed by atoms with Gasteiger partial charge in [-0.1, -0.05) is 12.1 Å². The molecule has 1 amide bonds. The molecule has 0 aliphatic carbocycles. The molecule has 0 spiro atoms. The summed E-state index contributed by atoms with van der Waals surface area (Å²) in [5, 5.41) is 1.03. The molecule has 0 N–H and O–H groups in total. The van der Waals surface area contributed by atoms with Crippen LogP contribution in [0.2, 0.25) is 5.28 Å². The van der Waals surface area contributed by atoms with Crippen molar-refractivity contribution in [2.45, 2.75) is 11.7 Å². The Kier molecular flexibility index (Phi) is 2.87. The van der Waals surface area contributed by atoms with Crippen molar-refractivity contribution in [1.82, 2.24) is 9.97 Å². The van der Waals surface area contributed by atoms with Crippen LogP contribution in [-0.4, -0.2) is 27.7 Å². The average molecular weight is 280 g/mol. The first kappa shape index (κ1) is 11.7. The summed E-state index contributed by atoms with van der Waals surface area (Å²) in [5.74, 6) is 0.599. The Labute approximate surface area is 114 Å². The highest BCUT2D eigenvalue weighted by Gasteiger charge is 2.30. The van der Waals surface area contributed by atoms with Crippen LogP contribution in [0.15, 0.2) is 24.3 Å². The summed E-state index contributed by atoms with van der Waals surface area (Å²) < 4.78 is 0. The van der Waals surface area contributed by atoms with Crippen molar-refractivity contribution in [2.24, 2.45) is 0 Å². The van der Waals surface area contributed by atoms with E-state index >= 15 is 0 Å². The molecule has 1 saturated heterocycles. The highest BCUT2D eigenvalue weighted by Crippen LogP contribution is 2.29. The first-order chi connectivity index (χ1) is 8.65. The van der Waals surface area contributed by atoms with Crippen molar-refractivity contribution in [3.05, 3.63) is 29.5 Å². The number of benzene rings is 1. The highest BCUT2D eigenvalue weighted by atomic mass is 35.5. The van der Waals surface area contributed by atoms with Gasteiger partial charge in [-0.3, -0.25) is 9.69 Å². The number of thiol groups is 1. The van der Waals surface area contributed by atoms with Crippen molar-refractivity contribution in [1.29, 1.82) is 0 Å². The molecular weight excluding hydrogens is 270 g/mol. The third-order valence-electron chi connectivity index (χ3n) is 2.92. The van der Waals surface area contributed by atoms with Gasteiger partial charge in [-0.05, 0) is 23.7 Å². The van der Waals surface area contributed by atoms with E-state index in [4.69, 9.17) is 11.6 Å². The lowest BCUT2D eigenvalue weighted by molar-refractivity contribution is -0.117. The Morgan fingerprint density at radius 2 is 2.11 bits per heavy atom. The molecule has 1 aliphatic rings. The quantitative estimate of drug-likeness (QED) is 0.644. The fourth-order valence-corrected chi connectivity index (χ4v) is 2.62. The molecule has 4 nitrogen and oxygen atoms in total. The average Bonchev–Trinajstić information content (AvgIpc) is 2.67. The summed E-state index contributed by atoms with van der Waals surface area (Å²) in [6.45, 7) is 0.555. The Morgan fingerprint density at radius 1 is 1.33 bits per heavy atom. The molecule has 2 aromatic rings. The Balaban J connectivity index is 2.19. The van der Waals surface area contributed by atoms with E-state index < -0.39 is 0 Å². The van der Waals surface area contributed by atoms with E-state index in [2.05, 4.69) is 22.6 Å². The van der Waals surface area contributed by atoms with Crippen LogP contribution in [0.1, 0.15) is 6.42 Å². The molecule has 1 fully saturated rings. The van der Waals surface area contributed by atoms with Gasteiger partial charge in [0, 0.05) is 23.6 Å². The number of nitrogens with zero attached hydrogens (tertiary/aromatic N) is 3. The van der Waals surface area contributed by atoms with Gasteiger partial charge >= 0.3 is 0 Å². The van der Waals surface area contributed by atoms with Crippen LogP contribution in [0.5, 0.6) is 0 Å². The van der Waals surface area contributed by atoms with E-state index in [1.807, 2.05) is 24.3 Å². The van der Waals surface area contributed by atoms with Gasteiger partial charge in [0.05, 0.1) is 5.52 Å². The van der Waals surface area contributed by atoms with E-state index in [0.29, 0.717) is 18.8 Å². The number of rotatable bonds is 1. The van der Waals surface area contributed by atoms with Gasteiger partial charge in [-0.2, -0.15) is 17.6 Å². The molecule has 3 rings (SSSR count). The van der Waals surface area contributed by atoms with Gasteiger partial charge in [-0.25, -0.2) is 4.98 Å². The van der Waals surface area contributed by atoms with Gasteiger partial charge in [0.1, 0.15) is 5.82 Å². The topological polar surface area (TPSA) is 46.1 Å². The smallest absolute Gasteiger partial charge is 0.229 e. The molecule has 6 heteroatoms. The van der Waals surface area contributed by atoms with Crippen LogP contribution in [0, 0.1) is 0 Å². The predicted molar refractivity (Wildman–Crippen MR) is 74.3 cm³/mol. The second-order valence-corrected chi connectivity index (χ2v) is 5.26. The van der Waals surface area contributed by atoms with Crippen molar-refractivity contribution >= 4 is 46.9 Å². The third-order valence-corrected chi connectivity index (χ3v) is 3.43. The standard InChI is InChI=1S/C12H10ClN3OS/c13-12-14-9-4-2-1-3-8(9)11(15-12)16-6-7(18)5-10(16)17/h1-4,7,18H,5-6H2. The maximum Gasteiger partial charge on any atom is 0.229 e. The molecule has 1 atom stereocenters. The summed E-state index contributed by atoms with van der Waals surface area (Å²) in [6, 6.07) is 7.51. The number of para-hydroxylation sites is 1. The second-order valence-electron chi connectivity index (χ2n) is 4.20. The minimum absolute atomic E-state index is 0.0231. The van der Waals surface area contributed by atoms with Crippen LogP contribution in [0.3, 0.4) is 0 Å². The number of fused-ring (bicyclic) bond motifs is 1. The summed E-state index contributed by atoms with van der Waals surface area (Å²) in [4.78, 5) is 21.9. The van der Waals surface area contributed by atoms with E-state index in [9.17, 15) is 4.79 Å². The molecule has 1 aliphatic heterocycles. The van der Waals surface area contributed by atoms with Crippen LogP contribution in [-0.2, 0) is 4.79 Å². The fourth-order valence-electron chi connectivity index (χ4n) is 2.13. The summed E-state index contributed by atoms with van der Waals surface area (Å²) in [6.07, 6.45) is 0.430. The van der Waals surface area contributed by atoms with Crippen molar-refractivity contribution in [3.8, 4) is 0 Å². The van der Waals surface area contributed by atoms with Gasteiger partial charge in [-0.15, -0.1) is 0 Å². The first-order valence-corrected chi connectivity index (χ1v) is 6.45. The van der Waals surface area contributed by atoms with Crippen molar-refractivity contribution < 1.29 is 4.79 Å². The molecule has 2 heterocycles. The van der Waals surface area contributed by atoms with E-state index in [-0.39, 0.29) is 16.4 Å². The first-order valence-electron chi connectivity index (χ1n) is 5.56. The number of carbonyl (C=O) groups excluding carboxylic acids is 1. The van der Waals surface area contributed by atoms with Gasteiger partial charge in [0.25, 0.3) is 0 Å². The number of amides is 1. The Morgan fingerprint density at radius 3 is 2.83 bits per heavy atom. The summed E-state index contributed by atoms with van der Waals surface area (Å²) in [5.41, 5.74) is 0.739. The van der Waals surface area contributed by atoms with E-state index in [1.54, 1.807) is 4.90 Å². The molecule has 0 saturated carbocycles. The molecule has 0 bridgehead atoms. The zero-order valence-electron chi connectivity index (χ0n) is 9.38. The molecule has 1 aromatic carbocycles. The molecule has 1 aromatic heterocycles. The van der Waals surface area contributed by atoms with Gasteiger partial charge in [0.15, 0.2) is 0 Å². The monoisotopic (exact) mass is 279 g/mol. The molecule has 1 unspecified atom stereocenters. The van der Waals surface area contributed by atoms with Gasteiger partial charge < -0.3 is 0 Å². The molecule has 0 radical (unpaired) electrons. The summed E-state index contributed by atoms with van der Waals surface area (Å²) in [7, 11) is 0. The number of carbonyl (C=O) groups is 1. The predicted octanol–water partition coefficient (Wildman–Crippen LogP) is 2.32.